The summed E-state index contributed by atoms with van der Waals surface area (Å²) in [6.07, 6.45) is 0.931. The SMILES string of the molecule is COCCCNc1c(Cl)ccc2nsnc12. The number of hydrogen-bond acceptors (Lipinski definition) is 5. The highest BCUT2D eigenvalue weighted by molar-refractivity contribution is 7.00. The standard InChI is InChI=1S/C10H12ClN3OS/c1-15-6-2-5-12-9-7(11)3-4-8-10(9)14-16-13-8/h3-4,12H,2,5-6H2,1H3. The summed E-state index contributed by atoms with van der Waals surface area (Å²) >= 11 is 7.31. The fourth-order valence-electron chi connectivity index (χ4n) is 1.42. The Morgan fingerprint density at radius 3 is 3.12 bits per heavy atom. The average Bonchev–Trinajstić information content (AvgIpc) is 2.75. The summed E-state index contributed by atoms with van der Waals surface area (Å²) < 4.78 is 13.4. The molecule has 0 atom stereocenters. The Hall–Kier alpha value is -0.910. The molecule has 6 heteroatoms. The lowest BCUT2D eigenvalue weighted by Crippen LogP contribution is -2.05. The molecule has 1 N–H and O–H groups in total. The van der Waals surface area contributed by atoms with Crippen LogP contribution in [-0.2, 0) is 4.74 Å². The molecule has 0 saturated heterocycles. The normalized spacial score (nSPS) is 10.9. The zero-order valence-electron chi connectivity index (χ0n) is 8.86. The van der Waals surface area contributed by atoms with Crippen molar-refractivity contribution in [1.82, 2.24) is 8.75 Å². The van der Waals surface area contributed by atoms with Crippen LogP contribution in [0.3, 0.4) is 0 Å². The van der Waals surface area contributed by atoms with Gasteiger partial charge in [0.25, 0.3) is 0 Å². The summed E-state index contributed by atoms with van der Waals surface area (Å²) in [5.74, 6) is 0. The average molecular weight is 258 g/mol. The molecule has 0 saturated carbocycles. The van der Waals surface area contributed by atoms with Gasteiger partial charge in [-0.2, -0.15) is 8.75 Å². The number of nitrogens with one attached hydrogen (secondary N) is 1. The van der Waals surface area contributed by atoms with Crippen molar-refractivity contribution in [2.24, 2.45) is 0 Å². The molecule has 2 rings (SSSR count). The van der Waals surface area contributed by atoms with E-state index in [1.54, 1.807) is 7.11 Å². The second-order valence-corrected chi connectivity index (χ2v) is 4.26. The number of fused-ring (bicyclic) bond motifs is 1. The van der Waals surface area contributed by atoms with E-state index in [2.05, 4.69) is 14.1 Å². The molecule has 0 fully saturated rings. The van der Waals surface area contributed by atoms with Crippen molar-refractivity contribution in [2.75, 3.05) is 25.6 Å². The summed E-state index contributed by atoms with van der Waals surface area (Å²) in [5, 5.41) is 3.95. The molecule has 16 heavy (non-hydrogen) atoms. The zero-order chi connectivity index (χ0) is 11.4. The van der Waals surface area contributed by atoms with Crippen LogP contribution in [0.25, 0.3) is 11.0 Å². The van der Waals surface area contributed by atoms with E-state index < -0.39 is 0 Å². The molecule has 0 radical (unpaired) electrons. The van der Waals surface area contributed by atoms with Gasteiger partial charge >= 0.3 is 0 Å². The molecule has 0 amide bonds. The van der Waals surface area contributed by atoms with Crippen molar-refractivity contribution < 1.29 is 4.74 Å². The maximum Gasteiger partial charge on any atom is 0.129 e. The molecule has 0 aliphatic carbocycles. The topological polar surface area (TPSA) is 47.0 Å². The molecule has 0 bridgehead atoms. The fourth-order valence-corrected chi connectivity index (χ4v) is 2.19. The predicted molar refractivity (Wildman–Crippen MR) is 67.4 cm³/mol. The smallest absolute Gasteiger partial charge is 0.129 e. The Labute approximate surface area is 103 Å². The van der Waals surface area contributed by atoms with Crippen LogP contribution in [-0.4, -0.2) is 29.0 Å². The Kier molecular flexibility index (Phi) is 3.93. The quantitative estimate of drug-likeness (QED) is 0.837. The first-order valence-corrected chi connectivity index (χ1v) is 6.07. The van der Waals surface area contributed by atoms with E-state index in [4.69, 9.17) is 16.3 Å². The minimum absolute atomic E-state index is 0.678. The highest BCUT2D eigenvalue weighted by Crippen LogP contribution is 2.29. The van der Waals surface area contributed by atoms with E-state index in [9.17, 15) is 0 Å². The highest BCUT2D eigenvalue weighted by atomic mass is 35.5. The molecular weight excluding hydrogens is 246 g/mol. The summed E-state index contributed by atoms with van der Waals surface area (Å²) in [4.78, 5) is 0. The van der Waals surface area contributed by atoms with Gasteiger partial charge in [-0.3, -0.25) is 0 Å². The molecular formula is C10H12ClN3OS. The molecule has 1 heterocycles. The van der Waals surface area contributed by atoms with Crippen LogP contribution in [0.1, 0.15) is 6.42 Å². The Bertz CT molecular complexity index is 474. The molecule has 0 spiro atoms. The number of anilines is 1. The van der Waals surface area contributed by atoms with Crippen LogP contribution in [0.4, 0.5) is 5.69 Å². The van der Waals surface area contributed by atoms with Gasteiger partial charge in [0.2, 0.25) is 0 Å². The van der Waals surface area contributed by atoms with Gasteiger partial charge in [0.05, 0.1) is 22.4 Å². The lowest BCUT2D eigenvalue weighted by Gasteiger charge is -2.08. The number of benzene rings is 1. The Balaban J connectivity index is 2.15. The first-order chi connectivity index (χ1) is 7.83. The van der Waals surface area contributed by atoms with Gasteiger partial charge in [-0.15, -0.1) is 0 Å². The fraction of sp³-hybridized carbons (Fsp3) is 0.400. The van der Waals surface area contributed by atoms with E-state index in [0.717, 1.165) is 36.3 Å². The third-order valence-corrected chi connectivity index (χ3v) is 3.06. The number of hydrogen-bond donors (Lipinski definition) is 1. The third-order valence-electron chi connectivity index (χ3n) is 2.20. The second-order valence-electron chi connectivity index (χ2n) is 3.33. The Morgan fingerprint density at radius 2 is 2.31 bits per heavy atom. The zero-order valence-corrected chi connectivity index (χ0v) is 10.4. The number of aromatic nitrogens is 2. The molecule has 86 valence electrons. The minimum Gasteiger partial charge on any atom is -0.385 e. The van der Waals surface area contributed by atoms with Crippen LogP contribution in [0, 0.1) is 0 Å². The first kappa shape index (κ1) is 11.6. The van der Waals surface area contributed by atoms with Gasteiger partial charge in [0.15, 0.2) is 0 Å². The van der Waals surface area contributed by atoms with Gasteiger partial charge < -0.3 is 10.1 Å². The van der Waals surface area contributed by atoms with Crippen molar-refractivity contribution in [3.63, 3.8) is 0 Å². The van der Waals surface area contributed by atoms with Gasteiger partial charge in [0.1, 0.15) is 11.0 Å². The molecule has 1 aromatic heterocycles. The molecule has 1 aromatic carbocycles. The van der Waals surface area contributed by atoms with Crippen LogP contribution < -0.4 is 5.32 Å². The highest BCUT2D eigenvalue weighted by Gasteiger charge is 2.08. The maximum atomic E-state index is 6.12. The summed E-state index contributed by atoms with van der Waals surface area (Å²) in [6, 6.07) is 3.71. The summed E-state index contributed by atoms with van der Waals surface area (Å²) in [6.45, 7) is 1.54. The number of rotatable bonds is 5. The molecule has 0 aliphatic rings. The van der Waals surface area contributed by atoms with Gasteiger partial charge in [-0.1, -0.05) is 11.6 Å². The van der Waals surface area contributed by atoms with E-state index in [1.165, 1.54) is 11.7 Å². The number of halogens is 1. The monoisotopic (exact) mass is 257 g/mol. The van der Waals surface area contributed by atoms with E-state index in [1.807, 2.05) is 12.1 Å². The third kappa shape index (κ3) is 2.42. The largest absolute Gasteiger partial charge is 0.385 e. The maximum absolute atomic E-state index is 6.12. The lowest BCUT2D eigenvalue weighted by atomic mass is 10.2. The van der Waals surface area contributed by atoms with Gasteiger partial charge in [-0.25, -0.2) is 0 Å². The lowest BCUT2D eigenvalue weighted by molar-refractivity contribution is 0.198. The summed E-state index contributed by atoms with van der Waals surface area (Å²) in [7, 11) is 1.69. The number of methoxy groups -OCH3 is 1. The molecule has 2 aromatic rings. The minimum atomic E-state index is 0.678. The molecule has 0 aliphatic heterocycles. The molecule has 0 unspecified atom stereocenters. The van der Waals surface area contributed by atoms with Crippen molar-refractivity contribution in [3.8, 4) is 0 Å². The number of nitrogens with zero attached hydrogens (tertiary/aromatic N) is 2. The van der Waals surface area contributed by atoms with Crippen LogP contribution in [0.2, 0.25) is 5.02 Å². The van der Waals surface area contributed by atoms with Crippen molar-refractivity contribution >= 4 is 40.0 Å². The van der Waals surface area contributed by atoms with Crippen molar-refractivity contribution in [1.29, 1.82) is 0 Å². The van der Waals surface area contributed by atoms with Crippen LogP contribution in [0.15, 0.2) is 12.1 Å². The number of ether oxygens (including phenoxy) is 1. The van der Waals surface area contributed by atoms with E-state index in [0.29, 0.717) is 5.02 Å². The van der Waals surface area contributed by atoms with Crippen molar-refractivity contribution in [3.05, 3.63) is 17.2 Å². The Morgan fingerprint density at radius 1 is 1.44 bits per heavy atom. The van der Waals surface area contributed by atoms with E-state index >= 15 is 0 Å². The van der Waals surface area contributed by atoms with Crippen LogP contribution >= 0.6 is 23.3 Å². The summed E-state index contributed by atoms with van der Waals surface area (Å²) in [5.41, 5.74) is 2.59. The first-order valence-electron chi connectivity index (χ1n) is 4.96. The van der Waals surface area contributed by atoms with E-state index in [-0.39, 0.29) is 0 Å². The second kappa shape index (κ2) is 5.43. The molecule has 4 nitrogen and oxygen atoms in total. The van der Waals surface area contributed by atoms with Gasteiger partial charge in [0, 0.05) is 20.3 Å². The van der Waals surface area contributed by atoms with Crippen molar-refractivity contribution in [2.45, 2.75) is 6.42 Å². The predicted octanol–water partition coefficient (Wildman–Crippen LogP) is 2.79. The van der Waals surface area contributed by atoms with Crippen LogP contribution in [0.5, 0.6) is 0 Å². The van der Waals surface area contributed by atoms with Gasteiger partial charge in [-0.05, 0) is 18.6 Å².